The molecule has 1 atom stereocenters. The standard InChI is InChI=1S/C14H14F2N6O/c1-10-5-21(20-19-10)6-14(23,7-22-9-17-8-18-22)12-3-2-11(15)4-13(12)16/h2-5,8-9,23H,6-7H2,1H3. The molecule has 0 fully saturated rings. The SMILES string of the molecule is Cc1cn(CC(O)(Cn2cncn2)c2ccc(F)cc2F)nn1. The zero-order valence-corrected chi connectivity index (χ0v) is 12.3. The van der Waals surface area contributed by atoms with E-state index in [4.69, 9.17) is 0 Å². The van der Waals surface area contributed by atoms with E-state index >= 15 is 0 Å². The molecule has 0 radical (unpaired) electrons. The molecule has 2 aromatic heterocycles. The molecule has 7 nitrogen and oxygen atoms in total. The number of aliphatic hydroxyl groups is 1. The van der Waals surface area contributed by atoms with Crippen molar-refractivity contribution in [3.63, 3.8) is 0 Å². The van der Waals surface area contributed by atoms with E-state index in [1.165, 1.54) is 28.1 Å². The molecular weight excluding hydrogens is 306 g/mol. The van der Waals surface area contributed by atoms with Crippen LogP contribution in [0.5, 0.6) is 0 Å². The van der Waals surface area contributed by atoms with Gasteiger partial charge in [-0.05, 0) is 13.0 Å². The maximum absolute atomic E-state index is 14.2. The first-order chi connectivity index (χ1) is 11.0. The highest BCUT2D eigenvalue weighted by molar-refractivity contribution is 5.25. The molecule has 0 saturated carbocycles. The van der Waals surface area contributed by atoms with Crippen LogP contribution in [-0.2, 0) is 18.7 Å². The smallest absolute Gasteiger partial charge is 0.137 e. The van der Waals surface area contributed by atoms with Crippen molar-refractivity contribution in [3.05, 3.63) is 59.9 Å². The first-order valence-corrected chi connectivity index (χ1v) is 6.83. The van der Waals surface area contributed by atoms with Crippen LogP contribution in [0.1, 0.15) is 11.3 Å². The number of aromatic nitrogens is 6. The summed E-state index contributed by atoms with van der Waals surface area (Å²) in [4.78, 5) is 3.80. The van der Waals surface area contributed by atoms with Crippen molar-refractivity contribution in [1.29, 1.82) is 0 Å². The number of halogens is 2. The highest BCUT2D eigenvalue weighted by Crippen LogP contribution is 2.28. The second-order valence-corrected chi connectivity index (χ2v) is 5.31. The van der Waals surface area contributed by atoms with Gasteiger partial charge >= 0.3 is 0 Å². The molecule has 0 saturated heterocycles. The minimum absolute atomic E-state index is 0.0532. The van der Waals surface area contributed by atoms with Crippen LogP contribution in [0.3, 0.4) is 0 Å². The Hall–Kier alpha value is -2.68. The number of hydrogen-bond acceptors (Lipinski definition) is 5. The Kier molecular flexibility index (Phi) is 3.87. The number of rotatable bonds is 5. The van der Waals surface area contributed by atoms with Crippen molar-refractivity contribution in [2.75, 3.05) is 0 Å². The van der Waals surface area contributed by atoms with E-state index in [1.54, 1.807) is 13.1 Å². The van der Waals surface area contributed by atoms with Gasteiger partial charge in [0, 0.05) is 17.8 Å². The van der Waals surface area contributed by atoms with Gasteiger partial charge < -0.3 is 5.11 Å². The van der Waals surface area contributed by atoms with Gasteiger partial charge in [0.05, 0.1) is 18.8 Å². The fourth-order valence-corrected chi connectivity index (χ4v) is 2.41. The molecule has 23 heavy (non-hydrogen) atoms. The maximum atomic E-state index is 14.2. The summed E-state index contributed by atoms with van der Waals surface area (Å²) in [6, 6.07) is 3.04. The summed E-state index contributed by atoms with van der Waals surface area (Å²) < 4.78 is 30.1. The van der Waals surface area contributed by atoms with Gasteiger partial charge in [0.1, 0.15) is 29.9 Å². The van der Waals surface area contributed by atoms with Crippen molar-refractivity contribution in [2.45, 2.75) is 25.6 Å². The number of nitrogens with zero attached hydrogens (tertiary/aromatic N) is 6. The molecule has 0 amide bonds. The van der Waals surface area contributed by atoms with Gasteiger partial charge in [0.15, 0.2) is 0 Å². The van der Waals surface area contributed by atoms with Gasteiger partial charge in [0.2, 0.25) is 0 Å². The summed E-state index contributed by atoms with van der Waals surface area (Å²) >= 11 is 0. The number of aryl methyl sites for hydroxylation is 1. The minimum atomic E-state index is -1.70. The molecule has 9 heteroatoms. The van der Waals surface area contributed by atoms with Gasteiger partial charge in [-0.1, -0.05) is 11.3 Å². The van der Waals surface area contributed by atoms with E-state index in [2.05, 4.69) is 20.4 Å². The molecule has 1 aromatic carbocycles. The fourth-order valence-electron chi connectivity index (χ4n) is 2.41. The Morgan fingerprint density at radius 2 is 2.00 bits per heavy atom. The van der Waals surface area contributed by atoms with Gasteiger partial charge in [0.25, 0.3) is 0 Å². The van der Waals surface area contributed by atoms with E-state index in [9.17, 15) is 13.9 Å². The van der Waals surface area contributed by atoms with Crippen molar-refractivity contribution in [1.82, 2.24) is 29.8 Å². The molecule has 120 valence electrons. The molecule has 0 aliphatic rings. The van der Waals surface area contributed by atoms with E-state index in [-0.39, 0.29) is 18.7 Å². The normalized spacial score (nSPS) is 13.9. The summed E-state index contributed by atoms with van der Waals surface area (Å²) in [5, 5.41) is 22.7. The van der Waals surface area contributed by atoms with Crippen LogP contribution in [0, 0.1) is 18.6 Å². The molecule has 0 aliphatic heterocycles. The minimum Gasteiger partial charge on any atom is -0.381 e. The van der Waals surface area contributed by atoms with Crippen molar-refractivity contribution in [2.24, 2.45) is 0 Å². The third-order valence-electron chi connectivity index (χ3n) is 3.40. The molecule has 1 unspecified atom stereocenters. The lowest BCUT2D eigenvalue weighted by Gasteiger charge is -2.28. The second kappa shape index (κ2) is 5.84. The zero-order chi connectivity index (χ0) is 16.4. The Morgan fingerprint density at radius 3 is 2.61 bits per heavy atom. The Morgan fingerprint density at radius 1 is 1.22 bits per heavy atom. The number of benzene rings is 1. The summed E-state index contributed by atoms with van der Waals surface area (Å²) in [6.45, 7) is 1.60. The van der Waals surface area contributed by atoms with E-state index in [0.717, 1.165) is 12.1 Å². The lowest BCUT2D eigenvalue weighted by atomic mass is 9.93. The van der Waals surface area contributed by atoms with Gasteiger partial charge in [-0.2, -0.15) is 5.10 Å². The van der Waals surface area contributed by atoms with Gasteiger partial charge in [-0.25, -0.2) is 23.1 Å². The van der Waals surface area contributed by atoms with Crippen LogP contribution in [0.2, 0.25) is 0 Å². The topological polar surface area (TPSA) is 81.7 Å². The molecule has 0 spiro atoms. The quantitative estimate of drug-likeness (QED) is 0.760. The average Bonchev–Trinajstić information content (AvgIpc) is 3.10. The largest absolute Gasteiger partial charge is 0.381 e. The van der Waals surface area contributed by atoms with Crippen LogP contribution in [-0.4, -0.2) is 34.9 Å². The van der Waals surface area contributed by atoms with Crippen LogP contribution in [0.4, 0.5) is 8.78 Å². The molecule has 2 heterocycles. The Labute approximate surface area is 130 Å². The lowest BCUT2D eigenvalue weighted by Crippen LogP contribution is -2.37. The first-order valence-electron chi connectivity index (χ1n) is 6.83. The van der Waals surface area contributed by atoms with E-state index in [1.807, 2.05) is 0 Å². The van der Waals surface area contributed by atoms with E-state index < -0.39 is 17.2 Å². The molecule has 0 aliphatic carbocycles. The first kappa shape index (κ1) is 15.2. The van der Waals surface area contributed by atoms with Crippen molar-refractivity contribution >= 4 is 0 Å². The summed E-state index contributed by atoms with van der Waals surface area (Å²) in [6.07, 6.45) is 4.33. The second-order valence-electron chi connectivity index (χ2n) is 5.31. The summed E-state index contributed by atoms with van der Waals surface area (Å²) in [5.74, 6) is -1.56. The van der Waals surface area contributed by atoms with Crippen LogP contribution in [0.25, 0.3) is 0 Å². The van der Waals surface area contributed by atoms with Gasteiger partial charge in [-0.3, -0.25) is 0 Å². The molecule has 3 aromatic rings. The van der Waals surface area contributed by atoms with Crippen molar-refractivity contribution in [3.8, 4) is 0 Å². The molecule has 3 rings (SSSR count). The average molecular weight is 320 g/mol. The predicted octanol–water partition coefficient (Wildman–Crippen LogP) is 1.04. The zero-order valence-electron chi connectivity index (χ0n) is 12.3. The van der Waals surface area contributed by atoms with Crippen LogP contribution < -0.4 is 0 Å². The highest BCUT2D eigenvalue weighted by atomic mass is 19.1. The molecule has 0 bridgehead atoms. The molecular formula is C14H14F2N6O. The highest BCUT2D eigenvalue weighted by Gasteiger charge is 2.34. The molecule has 1 N–H and O–H groups in total. The Balaban J connectivity index is 2.01. The Bertz CT molecular complexity index is 803. The van der Waals surface area contributed by atoms with Crippen LogP contribution >= 0.6 is 0 Å². The predicted molar refractivity (Wildman–Crippen MR) is 75.0 cm³/mol. The number of hydrogen-bond donors (Lipinski definition) is 1. The fraction of sp³-hybridized carbons (Fsp3) is 0.286. The third kappa shape index (κ3) is 3.24. The van der Waals surface area contributed by atoms with Gasteiger partial charge in [-0.15, -0.1) is 5.10 Å². The third-order valence-corrected chi connectivity index (χ3v) is 3.40. The summed E-state index contributed by atoms with van der Waals surface area (Å²) in [7, 11) is 0. The maximum Gasteiger partial charge on any atom is 0.137 e. The monoisotopic (exact) mass is 320 g/mol. The van der Waals surface area contributed by atoms with E-state index in [0.29, 0.717) is 5.69 Å². The summed E-state index contributed by atoms with van der Waals surface area (Å²) in [5.41, 5.74) is -1.10. The lowest BCUT2D eigenvalue weighted by molar-refractivity contribution is -0.00891. The van der Waals surface area contributed by atoms with Crippen molar-refractivity contribution < 1.29 is 13.9 Å². The van der Waals surface area contributed by atoms with Crippen LogP contribution in [0.15, 0.2) is 37.1 Å².